The Labute approximate surface area is 56.6 Å². The van der Waals surface area contributed by atoms with E-state index >= 15 is 0 Å². The van der Waals surface area contributed by atoms with Crippen LogP contribution in [0.1, 0.15) is 25.7 Å². The Morgan fingerprint density at radius 3 is 2.11 bits per heavy atom. The summed E-state index contributed by atoms with van der Waals surface area (Å²) in [6, 6.07) is 0. The molecule has 0 saturated heterocycles. The van der Waals surface area contributed by atoms with Crippen molar-refractivity contribution in [2.75, 3.05) is 6.54 Å². The summed E-state index contributed by atoms with van der Waals surface area (Å²) >= 11 is 0. The van der Waals surface area contributed by atoms with Gasteiger partial charge in [-0.2, -0.15) is 0 Å². The molecule has 0 heterocycles. The fraction of sp³-hybridized carbons (Fsp3) is 1.00. The van der Waals surface area contributed by atoms with Crippen molar-refractivity contribution in [1.29, 1.82) is 0 Å². The molecule has 0 amide bonds. The highest BCUT2D eigenvalue weighted by molar-refractivity contribution is 4.99. The van der Waals surface area contributed by atoms with Gasteiger partial charge in [-0.05, 0) is 37.1 Å². The van der Waals surface area contributed by atoms with E-state index in [1.54, 1.807) is 0 Å². The topological polar surface area (TPSA) is 26.0 Å². The molecule has 2 unspecified atom stereocenters. The lowest BCUT2D eigenvalue weighted by molar-refractivity contribution is 0.480. The Morgan fingerprint density at radius 1 is 1.11 bits per heavy atom. The molecule has 1 nitrogen and oxygen atoms in total. The summed E-state index contributed by atoms with van der Waals surface area (Å²) in [5.74, 6) is 3.06. The fourth-order valence-corrected chi connectivity index (χ4v) is 2.49. The van der Waals surface area contributed by atoms with Crippen LogP contribution >= 0.6 is 0 Å². The lowest BCUT2D eigenvalue weighted by Crippen LogP contribution is -2.02. The highest BCUT2D eigenvalue weighted by atomic mass is 14.7. The molecule has 2 aliphatic rings. The zero-order valence-electron chi connectivity index (χ0n) is 5.84. The van der Waals surface area contributed by atoms with Crippen LogP contribution in [-0.4, -0.2) is 6.54 Å². The predicted octanol–water partition coefficient (Wildman–Crippen LogP) is 1.38. The van der Waals surface area contributed by atoms with E-state index in [1.165, 1.54) is 25.7 Å². The standard InChI is InChI=1S/C8H15N/c9-5-8-6-3-1-2-4-7(6)8/h6-8H,1-5,9H2. The van der Waals surface area contributed by atoms with Crippen LogP contribution in [0.15, 0.2) is 0 Å². The highest BCUT2D eigenvalue weighted by Gasteiger charge is 2.48. The van der Waals surface area contributed by atoms with Gasteiger partial charge in [0, 0.05) is 0 Å². The van der Waals surface area contributed by atoms with Gasteiger partial charge < -0.3 is 5.73 Å². The maximum absolute atomic E-state index is 5.59. The van der Waals surface area contributed by atoms with Crippen molar-refractivity contribution in [2.45, 2.75) is 25.7 Å². The van der Waals surface area contributed by atoms with Gasteiger partial charge in [0.25, 0.3) is 0 Å². The van der Waals surface area contributed by atoms with E-state index in [2.05, 4.69) is 0 Å². The van der Waals surface area contributed by atoms with Gasteiger partial charge in [0.15, 0.2) is 0 Å². The Balaban J connectivity index is 1.91. The van der Waals surface area contributed by atoms with E-state index in [0.717, 1.165) is 24.3 Å². The first-order chi connectivity index (χ1) is 4.43. The molecule has 2 rings (SSSR count). The zero-order valence-corrected chi connectivity index (χ0v) is 5.84. The molecule has 0 aromatic rings. The minimum Gasteiger partial charge on any atom is -0.330 e. The molecule has 2 N–H and O–H groups in total. The molecule has 2 fully saturated rings. The van der Waals surface area contributed by atoms with Crippen molar-refractivity contribution in [1.82, 2.24) is 0 Å². The fourth-order valence-electron chi connectivity index (χ4n) is 2.49. The maximum Gasteiger partial charge on any atom is -0.00434 e. The summed E-state index contributed by atoms with van der Waals surface area (Å²) < 4.78 is 0. The van der Waals surface area contributed by atoms with E-state index in [4.69, 9.17) is 5.73 Å². The molecule has 0 aliphatic heterocycles. The Hall–Kier alpha value is -0.0400. The average Bonchev–Trinajstić information content (AvgIpc) is 2.60. The van der Waals surface area contributed by atoms with Gasteiger partial charge in [-0.1, -0.05) is 12.8 Å². The molecule has 2 atom stereocenters. The molecule has 52 valence electrons. The van der Waals surface area contributed by atoms with Crippen molar-refractivity contribution in [2.24, 2.45) is 23.5 Å². The smallest absolute Gasteiger partial charge is 0.00434 e. The van der Waals surface area contributed by atoms with Crippen molar-refractivity contribution in [3.8, 4) is 0 Å². The van der Waals surface area contributed by atoms with Crippen LogP contribution in [0.2, 0.25) is 0 Å². The monoisotopic (exact) mass is 125 g/mol. The van der Waals surface area contributed by atoms with Crippen LogP contribution in [-0.2, 0) is 0 Å². The molecule has 0 aromatic heterocycles. The average molecular weight is 125 g/mol. The molecule has 0 radical (unpaired) electrons. The first kappa shape index (κ1) is 5.72. The molecule has 9 heavy (non-hydrogen) atoms. The van der Waals surface area contributed by atoms with Crippen LogP contribution in [0, 0.1) is 17.8 Å². The molecule has 0 bridgehead atoms. The first-order valence-electron chi connectivity index (χ1n) is 4.13. The molecule has 2 saturated carbocycles. The number of hydrogen-bond donors (Lipinski definition) is 1. The second kappa shape index (κ2) is 1.98. The SMILES string of the molecule is NCC1C2CCCCC12. The van der Waals surface area contributed by atoms with Crippen LogP contribution in [0.3, 0.4) is 0 Å². The third kappa shape index (κ3) is 0.787. The van der Waals surface area contributed by atoms with Crippen LogP contribution in [0.25, 0.3) is 0 Å². The van der Waals surface area contributed by atoms with Crippen molar-refractivity contribution in [3.63, 3.8) is 0 Å². The van der Waals surface area contributed by atoms with Crippen LogP contribution < -0.4 is 5.73 Å². The summed E-state index contributed by atoms with van der Waals surface area (Å²) in [6.07, 6.45) is 5.90. The quantitative estimate of drug-likeness (QED) is 0.563. The van der Waals surface area contributed by atoms with Gasteiger partial charge in [-0.3, -0.25) is 0 Å². The van der Waals surface area contributed by atoms with E-state index < -0.39 is 0 Å². The first-order valence-corrected chi connectivity index (χ1v) is 4.13. The Bertz CT molecular complexity index is 92.4. The highest BCUT2D eigenvalue weighted by Crippen LogP contribution is 2.54. The molecule has 0 aromatic carbocycles. The van der Waals surface area contributed by atoms with Gasteiger partial charge in [-0.25, -0.2) is 0 Å². The summed E-state index contributed by atoms with van der Waals surface area (Å²) in [5.41, 5.74) is 5.59. The van der Waals surface area contributed by atoms with Gasteiger partial charge in [0.2, 0.25) is 0 Å². The predicted molar refractivity (Wildman–Crippen MR) is 38.0 cm³/mol. The number of fused-ring (bicyclic) bond motifs is 1. The number of hydrogen-bond acceptors (Lipinski definition) is 1. The van der Waals surface area contributed by atoms with Crippen molar-refractivity contribution >= 4 is 0 Å². The van der Waals surface area contributed by atoms with E-state index in [-0.39, 0.29) is 0 Å². The molecular formula is C8H15N. The Morgan fingerprint density at radius 2 is 1.67 bits per heavy atom. The summed E-state index contributed by atoms with van der Waals surface area (Å²) in [4.78, 5) is 0. The summed E-state index contributed by atoms with van der Waals surface area (Å²) in [5, 5.41) is 0. The lowest BCUT2D eigenvalue weighted by atomic mass is 10.0. The van der Waals surface area contributed by atoms with Crippen LogP contribution in [0.5, 0.6) is 0 Å². The molecular weight excluding hydrogens is 110 g/mol. The zero-order chi connectivity index (χ0) is 6.27. The van der Waals surface area contributed by atoms with Crippen molar-refractivity contribution in [3.05, 3.63) is 0 Å². The molecule has 1 heteroatoms. The number of rotatable bonds is 1. The summed E-state index contributed by atoms with van der Waals surface area (Å²) in [7, 11) is 0. The minimum absolute atomic E-state index is 0.937. The third-order valence-corrected chi connectivity index (χ3v) is 3.11. The van der Waals surface area contributed by atoms with Crippen LogP contribution in [0.4, 0.5) is 0 Å². The van der Waals surface area contributed by atoms with Gasteiger partial charge in [0.05, 0.1) is 0 Å². The van der Waals surface area contributed by atoms with E-state index in [0.29, 0.717) is 0 Å². The minimum atomic E-state index is 0.937. The van der Waals surface area contributed by atoms with E-state index in [1.807, 2.05) is 0 Å². The second-order valence-electron chi connectivity index (χ2n) is 3.51. The lowest BCUT2D eigenvalue weighted by Gasteiger charge is -2.04. The third-order valence-electron chi connectivity index (χ3n) is 3.11. The van der Waals surface area contributed by atoms with Crippen molar-refractivity contribution < 1.29 is 0 Å². The van der Waals surface area contributed by atoms with Gasteiger partial charge in [-0.15, -0.1) is 0 Å². The summed E-state index contributed by atoms with van der Waals surface area (Å²) in [6.45, 7) is 0.954. The largest absolute Gasteiger partial charge is 0.330 e. The Kier molecular flexibility index (Phi) is 1.26. The number of nitrogens with two attached hydrogens (primary N) is 1. The van der Waals surface area contributed by atoms with Gasteiger partial charge in [0.1, 0.15) is 0 Å². The van der Waals surface area contributed by atoms with Gasteiger partial charge >= 0.3 is 0 Å². The molecule has 2 aliphatic carbocycles. The second-order valence-corrected chi connectivity index (χ2v) is 3.51. The van der Waals surface area contributed by atoms with E-state index in [9.17, 15) is 0 Å². The normalized spacial score (nSPS) is 48.3. The maximum atomic E-state index is 5.59. The molecule has 0 spiro atoms.